The first-order valence-electron chi connectivity index (χ1n) is 7.44. The number of benzene rings is 2. The second-order valence-corrected chi connectivity index (χ2v) is 6.01. The number of nitro groups is 1. The molecular weight excluding hydrogens is 392 g/mol. The number of anilines is 1. The molecule has 8 heteroatoms. The maximum atomic E-state index is 12.5. The zero-order valence-electron chi connectivity index (χ0n) is 14.0. The summed E-state index contributed by atoms with van der Waals surface area (Å²) >= 11 is 3.34. The Balaban J connectivity index is 2.38. The van der Waals surface area contributed by atoms with E-state index in [4.69, 9.17) is 9.47 Å². The van der Waals surface area contributed by atoms with Crippen LogP contribution in [0.15, 0.2) is 34.8 Å². The van der Waals surface area contributed by atoms with E-state index in [0.717, 1.165) is 5.56 Å². The topological polar surface area (TPSA) is 90.7 Å². The fourth-order valence-electron chi connectivity index (χ4n) is 2.25. The third kappa shape index (κ3) is 4.27. The predicted octanol–water partition coefficient (Wildman–Crippen LogP) is 4.33. The number of rotatable bonds is 6. The van der Waals surface area contributed by atoms with Crippen LogP contribution in [0.1, 0.15) is 22.8 Å². The number of ether oxygens (including phenoxy) is 2. The summed E-state index contributed by atoms with van der Waals surface area (Å²) < 4.78 is 11.3. The largest absolute Gasteiger partial charge is 0.492 e. The number of amides is 1. The molecule has 0 bridgehead atoms. The second-order valence-electron chi connectivity index (χ2n) is 5.15. The van der Waals surface area contributed by atoms with Crippen LogP contribution < -0.4 is 14.8 Å². The Morgan fingerprint density at radius 1 is 1.32 bits per heavy atom. The van der Waals surface area contributed by atoms with Crippen LogP contribution in [0.25, 0.3) is 0 Å². The van der Waals surface area contributed by atoms with E-state index in [0.29, 0.717) is 22.6 Å². The number of nitrogens with one attached hydrogen (secondary N) is 1. The van der Waals surface area contributed by atoms with Crippen molar-refractivity contribution in [3.05, 3.63) is 56.0 Å². The number of halogens is 1. The smallest absolute Gasteiger partial charge is 0.293 e. The van der Waals surface area contributed by atoms with Crippen LogP contribution in [-0.4, -0.2) is 24.5 Å². The van der Waals surface area contributed by atoms with Gasteiger partial charge in [0.25, 0.3) is 11.6 Å². The van der Waals surface area contributed by atoms with Crippen molar-refractivity contribution < 1.29 is 19.2 Å². The number of hydrogen-bond acceptors (Lipinski definition) is 5. The van der Waals surface area contributed by atoms with Gasteiger partial charge in [-0.3, -0.25) is 14.9 Å². The molecule has 0 radical (unpaired) electrons. The summed E-state index contributed by atoms with van der Waals surface area (Å²) in [4.78, 5) is 23.2. The molecule has 0 saturated heterocycles. The van der Waals surface area contributed by atoms with Gasteiger partial charge < -0.3 is 14.8 Å². The first kappa shape index (κ1) is 18.7. The maximum Gasteiger partial charge on any atom is 0.293 e. The Morgan fingerprint density at radius 3 is 2.64 bits per heavy atom. The number of methoxy groups -OCH3 is 1. The highest BCUT2D eigenvalue weighted by Gasteiger charge is 2.19. The van der Waals surface area contributed by atoms with Crippen molar-refractivity contribution in [2.24, 2.45) is 0 Å². The number of aryl methyl sites for hydroxylation is 1. The Hall–Kier alpha value is -2.61. The maximum absolute atomic E-state index is 12.5. The zero-order chi connectivity index (χ0) is 18.6. The summed E-state index contributed by atoms with van der Waals surface area (Å²) in [6.45, 7) is 3.96. The molecular formula is C17H17BrN2O5. The molecule has 1 N–H and O–H groups in total. The lowest BCUT2D eigenvalue weighted by Gasteiger charge is -2.13. The minimum absolute atomic E-state index is 0.130. The molecule has 0 aliphatic carbocycles. The lowest BCUT2D eigenvalue weighted by atomic mass is 10.1. The summed E-state index contributed by atoms with van der Waals surface area (Å²) in [6, 6.07) is 7.70. The number of carbonyl (C=O) groups is 1. The summed E-state index contributed by atoms with van der Waals surface area (Å²) in [5, 5.41) is 13.8. The third-order valence-electron chi connectivity index (χ3n) is 3.37. The minimum Gasteiger partial charge on any atom is -0.492 e. The highest BCUT2D eigenvalue weighted by Crippen LogP contribution is 2.37. The molecule has 0 fully saturated rings. The van der Waals surface area contributed by atoms with Crippen LogP contribution in [-0.2, 0) is 0 Å². The molecule has 0 aromatic heterocycles. The van der Waals surface area contributed by atoms with E-state index in [9.17, 15) is 14.9 Å². The van der Waals surface area contributed by atoms with Gasteiger partial charge in [0.05, 0.1) is 23.1 Å². The van der Waals surface area contributed by atoms with Crippen molar-refractivity contribution >= 4 is 33.2 Å². The van der Waals surface area contributed by atoms with E-state index in [2.05, 4.69) is 21.2 Å². The highest BCUT2D eigenvalue weighted by atomic mass is 79.9. The van der Waals surface area contributed by atoms with E-state index in [-0.39, 0.29) is 16.9 Å². The van der Waals surface area contributed by atoms with Crippen LogP contribution >= 0.6 is 15.9 Å². The molecule has 0 aliphatic rings. The third-order valence-corrected chi connectivity index (χ3v) is 3.96. The zero-order valence-corrected chi connectivity index (χ0v) is 15.5. The van der Waals surface area contributed by atoms with Crippen molar-refractivity contribution in [3.8, 4) is 11.5 Å². The summed E-state index contributed by atoms with van der Waals surface area (Å²) in [5.41, 5.74) is 0.984. The fourth-order valence-corrected chi connectivity index (χ4v) is 2.86. The van der Waals surface area contributed by atoms with Gasteiger partial charge in [0.1, 0.15) is 5.69 Å². The minimum atomic E-state index is -0.530. The first-order valence-corrected chi connectivity index (χ1v) is 8.23. The molecule has 2 aromatic rings. The van der Waals surface area contributed by atoms with Crippen LogP contribution in [0.3, 0.4) is 0 Å². The fraction of sp³-hybridized carbons (Fsp3) is 0.235. The van der Waals surface area contributed by atoms with Crippen LogP contribution in [0.5, 0.6) is 11.5 Å². The van der Waals surface area contributed by atoms with Gasteiger partial charge in [0.15, 0.2) is 11.5 Å². The number of nitrogens with zero attached hydrogens (tertiary/aromatic N) is 1. The molecule has 0 heterocycles. The predicted molar refractivity (Wildman–Crippen MR) is 97.6 cm³/mol. The van der Waals surface area contributed by atoms with E-state index in [1.807, 2.05) is 6.92 Å². The van der Waals surface area contributed by atoms with Gasteiger partial charge in [0, 0.05) is 11.6 Å². The number of nitro benzene ring substituents is 1. The van der Waals surface area contributed by atoms with Gasteiger partial charge in [0.2, 0.25) is 0 Å². The molecule has 0 aliphatic heterocycles. The normalized spacial score (nSPS) is 10.2. The summed E-state index contributed by atoms with van der Waals surface area (Å²) in [5.74, 6) is 0.388. The quantitative estimate of drug-likeness (QED) is 0.567. The van der Waals surface area contributed by atoms with Crippen molar-refractivity contribution in [2.45, 2.75) is 13.8 Å². The van der Waals surface area contributed by atoms with Crippen molar-refractivity contribution in [3.63, 3.8) is 0 Å². The second kappa shape index (κ2) is 7.98. The molecule has 2 rings (SSSR count). The highest BCUT2D eigenvalue weighted by molar-refractivity contribution is 9.10. The Kier molecular flexibility index (Phi) is 5.97. The van der Waals surface area contributed by atoms with E-state index in [1.165, 1.54) is 25.3 Å². The molecule has 0 atom stereocenters. The molecule has 7 nitrogen and oxygen atoms in total. The molecule has 0 unspecified atom stereocenters. The first-order chi connectivity index (χ1) is 11.9. The number of carbonyl (C=O) groups excluding carboxylic acids is 1. The number of hydrogen-bond donors (Lipinski definition) is 1. The monoisotopic (exact) mass is 408 g/mol. The molecule has 25 heavy (non-hydrogen) atoms. The average molecular weight is 409 g/mol. The van der Waals surface area contributed by atoms with Gasteiger partial charge in [-0.15, -0.1) is 0 Å². The van der Waals surface area contributed by atoms with Crippen molar-refractivity contribution in [2.75, 3.05) is 19.0 Å². The van der Waals surface area contributed by atoms with Crippen LogP contribution in [0.2, 0.25) is 0 Å². The van der Waals surface area contributed by atoms with Gasteiger partial charge in [-0.2, -0.15) is 0 Å². The van der Waals surface area contributed by atoms with Crippen LogP contribution in [0, 0.1) is 17.0 Å². The average Bonchev–Trinajstić information content (AvgIpc) is 2.56. The molecule has 2 aromatic carbocycles. The Morgan fingerprint density at radius 2 is 2.04 bits per heavy atom. The molecule has 1 amide bonds. The van der Waals surface area contributed by atoms with Crippen molar-refractivity contribution in [1.82, 2.24) is 0 Å². The van der Waals surface area contributed by atoms with Crippen molar-refractivity contribution in [1.29, 1.82) is 0 Å². The van der Waals surface area contributed by atoms with E-state index >= 15 is 0 Å². The van der Waals surface area contributed by atoms with Gasteiger partial charge in [-0.05, 0) is 53.5 Å². The van der Waals surface area contributed by atoms with Crippen LogP contribution in [0.4, 0.5) is 11.4 Å². The summed E-state index contributed by atoms with van der Waals surface area (Å²) in [6.07, 6.45) is 0. The van der Waals surface area contributed by atoms with Gasteiger partial charge in [-0.25, -0.2) is 0 Å². The molecule has 132 valence electrons. The Bertz CT molecular complexity index is 823. The molecule has 0 spiro atoms. The molecule has 0 saturated carbocycles. The van der Waals surface area contributed by atoms with Gasteiger partial charge >= 0.3 is 0 Å². The standard InChI is InChI=1S/C17H17BrN2O5/c1-4-25-15-9-11(8-12(18)16(15)24-3)17(21)19-13-6-5-10(2)7-14(13)20(22)23/h5-9H,4H2,1-3H3,(H,19,21). The Labute approximate surface area is 153 Å². The summed E-state index contributed by atoms with van der Waals surface area (Å²) in [7, 11) is 1.50. The van der Waals surface area contributed by atoms with Gasteiger partial charge in [-0.1, -0.05) is 6.07 Å². The lowest BCUT2D eigenvalue weighted by Crippen LogP contribution is -2.14. The lowest BCUT2D eigenvalue weighted by molar-refractivity contribution is -0.384. The van der Waals surface area contributed by atoms with E-state index in [1.54, 1.807) is 19.1 Å². The van der Waals surface area contributed by atoms with E-state index < -0.39 is 10.8 Å². The SMILES string of the molecule is CCOc1cc(C(=O)Nc2ccc(C)cc2[N+](=O)[O-])cc(Br)c1OC.